The molecule has 7 heteroatoms. The number of aliphatic hydroxyl groups is 1. The second-order valence-electron chi connectivity index (χ2n) is 17.3. The molecule has 1 N–H and O–H groups in total. The zero-order valence-corrected chi connectivity index (χ0v) is 39.0. The molecule has 0 saturated carbocycles. The van der Waals surface area contributed by atoms with Crippen LogP contribution in [0.25, 0.3) is 54.3 Å². The van der Waals surface area contributed by atoms with Crippen LogP contribution in [0.2, 0.25) is 0 Å². The maximum Gasteiger partial charge on any atom is 0.219 e. The number of hydrogen-bond donors (Lipinski definition) is 1. The Morgan fingerprint density at radius 2 is 1.59 bits per heavy atom. The van der Waals surface area contributed by atoms with Gasteiger partial charge in [-0.15, -0.1) is 29.0 Å². The van der Waals surface area contributed by atoms with Crippen LogP contribution in [0, 0.1) is 36.7 Å². The molecule has 0 spiro atoms. The number of aromatic nitrogens is 2. The molecule has 0 atom stereocenters. The Labute approximate surface area is 352 Å². The Morgan fingerprint density at radius 3 is 2.20 bits per heavy atom. The van der Waals surface area contributed by atoms with Gasteiger partial charge in [0.05, 0.1) is 6.26 Å². The number of aliphatic hydroxyl groups excluding tert-OH is 1. The van der Waals surface area contributed by atoms with Crippen molar-refractivity contribution in [3.8, 4) is 22.4 Å². The summed E-state index contributed by atoms with van der Waals surface area (Å²) in [6.07, 6.45) is 11.4. The van der Waals surface area contributed by atoms with E-state index in [9.17, 15) is 9.90 Å². The van der Waals surface area contributed by atoms with E-state index in [0.717, 1.165) is 65.3 Å². The number of carbonyl (C=O) groups is 1. The van der Waals surface area contributed by atoms with Crippen LogP contribution in [0.4, 0.5) is 0 Å². The molecule has 0 fully saturated rings. The Balaban J connectivity index is 0.000000330. The number of aryl methyl sites for hydroxylation is 2. The molecule has 4 aromatic heterocycles. The van der Waals surface area contributed by atoms with Gasteiger partial charge in [-0.1, -0.05) is 117 Å². The fraction of sp³-hybridized carbons (Fsp3) is 0.449. The molecule has 0 aliphatic rings. The van der Waals surface area contributed by atoms with Gasteiger partial charge in [-0.25, -0.2) is 0 Å². The average Bonchev–Trinajstić information content (AvgIpc) is 3.69. The third-order valence-corrected chi connectivity index (χ3v) is 13.1. The quantitative estimate of drug-likeness (QED) is 0.0795. The van der Waals surface area contributed by atoms with Crippen molar-refractivity contribution in [3.63, 3.8) is 0 Å². The third-order valence-electron chi connectivity index (χ3n) is 12.0. The van der Waals surface area contributed by atoms with Crippen LogP contribution in [-0.4, -0.2) is 20.9 Å². The molecular formula is C49H61IrN2O3S-. The minimum absolute atomic E-state index is 0. The second kappa shape index (κ2) is 17.9. The molecule has 6 aromatic rings. The number of thiophene rings is 1. The Morgan fingerprint density at radius 1 is 0.929 bits per heavy atom. The van der Waals surface area contributed by atoms with Gasteiger partial charge in [0.25, 0.3) is 0 Å². The van der Waals surface area contributed by atoms with Crippen molar-refractivity contribution in [1.29, 1.82) is 0 Å². The summed E-state index contributed by atoms with van der Waals surface area (Å²) in [7, 11) is 0. The van der Waals surface area contributed by atoms with Crippen LogP contribution in [-0.2, 0) is 36.7 Å². The fourth-order valence-electron chi connectivity index (χ4n) is 7.23. The SMILES string of the molecule is CCC(C)(CC)C(=O)/C=C(\O)C(C)(CC)CC.Cc1sc2cc(-c3cc(-c4[c-]c5cnccc5c(C(C)(C)C)c4)nc4occ(C)c34)ccc2c1CC(C)C.[Ir]. The minimum Gasteiger partial charge on any atom is -0.512 e. The van der Waals surface area contributed by atoms with E-state index in [4.69, 9.17) is 9.40 Å². The molecule has 56 heavy (non-hydrogen) atoms. The molecule has 4 heterocycles. The average molecular weight is 950 g/mol. The molecule has 0 aliphatic carbocycles. The molecule has 0 unspecified atom stereocenters. The molecule has 0 aliphatic heterocycles. The molecule has 0 amide bonds. The third kappa shape index (κ3) is 9.22. The van der Waals surface area contributed by atoms with Gasteiger partial charge >= 0.3 is 0 Å². The first-order valence-corrected chi connectivity index (χ1v) is 20.9. The summed E-state index contributed by atoms with van der Waals surface area (Å²) in [4.78, 5) is 23.0. The number of hydrogen-bond acceptors (Lipinski definition) is 6. The van der Waals surface area contributed by atoms with Gasteiger partial charge in [0.2, 0.25) is 5.71 Å². The second-order valence-corrected chi connectivity index (χ2v) is 18.6. The molecule has 1 radical (unpaired) electrons. The van der Waals surface area contributed by atoms with E-state index in [0.29, 0.717) is 11.6 Å². The first-order chi connectivity index (χ1) is 25.9. The van der Waals surface area contributed by atoms with E-state index >= 15 is 0 Å². The zero-order chi connectivity index (χ0) is 40.5. The van der Waals surface area contributed by atoms with Gasteiger partial charge in [-0.2, -0.15) is 0 Å². The van der Waals surface area contributed by atoms with Gasteiger partial charge in [-0.05, 0) is 97.2 Å². The van der Waals surface area contributed by atoms with Crippen LogP contribution >= 0.6 is 11.3 Å². The largest absolute Gasteiger partial charge is 0.512 e. The summed E-state index contributed by atoms with van der Waals surface area (Å²) in [5, 5.41) is 14.8. The van der Waals surface area contributed by atoms with Crippen molar-refractivity contribution in [1.82, 2.24) is 9.97 Å². The molecule has 6 rings (SSSR count). The topological polar surface area (TPSA) is 76.2 Å². The standard InChI is InChI=1S/C34H33N2OS.C15H28O2.Ir/c1-19(2)12-27-21(4)38-31-15-22(8-9-26(27)31)28-16-30(36-33-32(28)20(3)18-37-33)23-13-24-17-35-11-10-25(24)29(14-23)34(5,6)7;1-7-14(5,8-2)12(16)11-13(17)15(6,9-3)10-4;/h8-11,14-19H,12H2,1-7H3;11,16H,7-10H2,1-6H3;/q-1;;/b;12-11-;. The van der Waals surface area contributed by atoms with Gasteiger partial charge in [0, 0.05) is 63.9 Å². The molecule has 0 saturated heterocycles. The van der Waals surface area contributed by atoms with E-state index in [-0.39, 0.29) is 47.9 Å². The summed E-state index contributed by atoms with van der Waals surface area (Å²) in [6, 6.07) is 17.0. The normalized spacial score (nSPS) is 12.6. The molecule has 301 valence electrons. The van der Waals surface area contributed by atoms with Crippen LogP contribution in [0.15, 0.2) is 71.3 Å². The van der Waals surface area contributed by atoms with Crippen LogP contribution < -0.4 is 0 Å². The number of carbonyl (C=O) groups excluding carboxylic acids is 1. The maximum absolute atomic E-state index is 12.2. The number of nitrogens with zero attached hydrogens (tertiary/aromatic N) is 2. The maximum atomic E-state index is 12.2. The Hall–Kier alpha value is -3.64. The number of rotatable bonds is 11. The van der Waals surface area contributed by atoms with Gasteiger partial charge in [-0.3, -0.25) is 9.78 Å². The summed E-state index contributed by atoms with van der Waals surface area (Å²) in [5.74, 6) is 0.919. The van der Waals surface area contributed by atoms with E-state index in [1.54, 1.807) is 0 Å². The zero-order valence-electron chi connectivity index (χ0n) is 35.8. The number of fused-ring (bicyclic) bond motifs is 3. The van der Waals surface area contributed by atoms with E-state index in [1.807, 2.05) is 71.5 Å². The number of allylic oxidation sites excluding steroid dienone is 2. The smallest absolute Gasteiger partial charge is 0.219 e. The molecule has 5 nitrogen and oxygen atoms in total. The summed E-state index contributed by atoms with van der Waals surface area (Å²) < 4.78 is 7.31. The van der Waals surface area contributed by atoms with Crippen LogP contribution in [0.1, 0.15) is 123 Å². The number of ketones is 1. The predicted molar refractivity (Wildman–Crippen MR) is 234 cm³/mol. The summed E-state index contributed by atoms with van der Waals surface area (Å²) in [5.41, 5.74) is 8.02. The predicted octanol–water partition coefficient (Wildman–Crippen LogP) is 14.5. The molecule has 2 aromatic carbocycles. The number of furan rings is 1. The van der Waals surface area contributed by atoms with Gasteiger partial charge in [0.15, 0.2) is 5.78 Å². The summed E-state index contributed by atoms with van der Waals surface area (Å²) >= 11 is 1.90. The Bertz CT molecular complexity index is 2350. The van der Waals surface area contributed by atoms with Crippen molar-refractivity contribution in [2.75, 3.05) is 0 Å². The van der Waals surface area contributed by atoms with Crippen molar-refractivity contribution in [2.24, 2.45) is 16.7 Å². The molecule has 0 bridgehead atoms. The summed E-state index contributed by atoms with van der Waals surface area (Å²) in [6.45, 7) is 27.7. The van der Waals surface area contributed by atoms with E-state index in [1.165, 1.54) is 43.1 Å². The van der Waals surface area contributed by atoms with Crippen LogP contribution in [0.3, 0.4) is 0 Å². The van der Waals surface area contributed by atoms with E-state index in [2.05, 4.69) is 95.9 Å². The minimum atomic E-state index is -0.337. The van der Waals surface area contributed by atoms with Gasteiger partial charge in [0.1, 0.15) is 5.76 Å². The van der Waals surface area contributed by atoms with Crippen molar-refractivity contribution in [2.45, 2.75) is 128 Å². The van der Waals surface area contributed by atoms with Crippen LogP contribution in [0.5, 0.6) is 0 Å². The monoisotopic (exact) mass is 950 g/mol. The van der Waals surface area contributed by atoms with Crippen molar-refractivity contribution in [3.05, 3.63) is 94.5 Å². The van der Waals surface area contributed by atoms with Crippen molar-refractivity contribution < 1.29 is 34.4 Å². The number of benzene rings is 2. The fourth-order valence-corrected chi connectivity index (χ4v) is 8.37. The van der Waals surface area contributed by atoms with Crippen molar-refractivity contribution >= 4 is 49.1 Å². The van der Waals surface area contributed by atoms with E-state index < -0.39 is 0 Å². The Kier molecular flexibility index (Phi) is 14.4. The first kappa shape index (κ1) is 45.1. The first-order valence-electron chi connectivity index (χ1n) is 20.1. The number of pyridine rings is 2. The molecular weight excluding hydrogens is 889 g/mol. The van der Waals surface area contributed by atoms with Gasteiger partial charge < -0.3 is 14.5 Å².